The maximum atomic E-state index is 12.8. The molecule has 0 aromatic rings. The monoisotopic (exact) mass is 382 g/mol. The summed E-state index contributed by atoms with van der Waals surface area (Å²) in [6, 6.07) is 0.397. The summed E-state index contributed by atoms with van der Waals surface area (Å²) >= 11 is 0. The number of likely N-dealkylation sites (N-methyl/N-ethyl adjacent to an activating group) is 2. The molecule has 8 nitrogen and oxygen atoms in total. The Labute approximate surface area is 161 Å². The number of urea groups is 1. The van der Waals surface area contributed by atoms with E-state index < -0.39 is 5.97 Å². The summed E-state index contributed by atoms with van der Waals surface area (Å²) < 4.78 is 5.85. The van der Waals surface area contributed by atoms with Gasteiger partial charge < -0.3 is 25.0 Å². The Hall–Kier alpha value is -1.38. The number of hydrogen-bond donors (Lipinski definition) is 2. The number of aliphatic carboxylic acids is 1. The average Bonchev–Trinajstić information content (AvgIpc) is 3.39. The average molecular weight is 383 g/mol. The molecule has 3 rings (SSSR count). The molecule has 1 unspecified atom stereocenters. The Kier molecular flexibility index (Phi) is 6.94. The summed E-state index contributed by atoms with van der Waals surface area (Å²) in [6.45, 7) is 6.75. The lowest BCUT2D eigenvalue weighted by Gasteiger charge is -2.43. The van der Waals surface area contributed by atoms with Crippen LogP contribution in [-0.4, -0.2) is 103 Å². The summed E-state index contributed by atoms with van der Waals surface area (Å²) in [5.41, 5.74) is 0. The van der Waals surface area contributed by atoms with E-state index in [0.29, 0.717) is 12.5 Å². The van der Waals surface area contributed by atoms with Crippen LogP contribution in [0.15, 0.2) is 0 Å². The van der Waals surface area contributed by atoms with Gasteiger partial charge in [-0.25, -0.2) is 4.79 Å². The van der Waals surface area contributed by atoms with Crippen molar-refractivity contribution in [1.29, 1.82) is 0 Å². The van der Waals surface area contributed by atoms with E-state index in [-0.39, 0.29) is 30.8 Å². The van der Waals surface area contributed by atoms with Crippen molar-refractivity contribution in [3.05, 3.63) is 0 Å². The summed E-state index contributed by atoms with van der Waals surface area (Å²) in [7, 11) is 2.09. The van der Waals surface area contributed by atoms with Crippen LogP contribution in [0.5, 0.6) is 0 Å². The van der Waals surface area contributed by atoms with Gasteiger partial charge in [-0.2, -0.15) is 0 Å². The van der Waals surface area contributed by atoms with Gasteiger partial charge in [0.25, 0.3) is 0 Å². The standard InChI is InChI=1S/C19H34N4O4/c1-3-22(13-18(24)25)16-8-15(9-16)20-19(26)23(10-14-4-5-14)12-17-11-21(2)6-7-27-17/h14-17H,3-13H2,1-2H3,(H,20,26)(H,24,25). The first-order valence-electron chi connectivity index (χ1n) is 10.3. The number of rotatable bonds is 9. The normalized spacial score (nSPS) is 28.6. The predicted octanol–water partition coefficient (Wildman–Crippen LogP) is 0.676. The van der Waals surface area contributed by atoms with Crippen molar-refractivity contribution in [3.8, 4) is 0 Å². The molecule has 0 spiro atoms. The minimum absolute atomic E-state index is 0.00320. The van der Waals surface area contributed by atoms with Gasteiger partial charge >= 0.3 is 12.0 Å². The van der Waals surface area contributed by atoms with Crippen LogP contribution in [0.3, 0.4) is 0 Å². The molecule has 2 N–H and O–H groups in total. The minimum Gasteiger partial charge on any atom is -0.480 e. The SMILES string of the molecule is CCN(CC(=O)O)C1CC(NC(=O)N(CC2CC2)CC2CN(C)CCO2)C1. The van der Waals surface area contributed by atoms with Crippen LogP contribution in [-0.2, 0) is 9.53 Å². The molecule has 3 fully saturated rings. The smallest absolute Gasteiger partial charge is 0.317 e. The van der Waals surface area contributed by atoms with Crippen LogP contribution in [0.25, 0.3) is 0 Å². The summed E-state index contributed by atoms with van der Waals surface area (Å²) in [4.78, 5) is 29.9. The van der Waals surface area contributed by atoms with E-state index in [2.05, 4.69) is 17.3 Å². The highest BCUT2D eigenvalue weighted by Gasteiger charge is 2.36. The van der Waals surface area contributed by atoms with Gasteiger partial charge in [-0.05, 0) is 45.2 Å². The van der Waals surface area contributed by atoms with Gasteiger partial charge in [0, 0.05) is 38.3 Å². The molecule has 0 radical (unpaired) electrons. The summed E-state index contributed by atoms with van der Waals surface area (Å²) in [5.74, 6) is -0.158. The van der Waals surface area contributed by atoms with Gasteiger partial charge in [-0.15, -0.1) is 0 Å². The molecule has 1 atom stereocenters. The fraction of sp³-hybridized carbons (Fsp3) is 0.895. The van der Waals surface area contributed by atoms with Crippen molar-refractivity contribution in [2.75, 3.05) is 52.9 Å². The number of amides is 2. The lowest BCUT2D eigenvalue weighted by molar-refractivity contribution is -0.139. The highest BCUT2D eigenvalue weighted by Crippen LogP contribution is 2.30. The highest BCUT2D eigenvalue weighted by molar-refractivity contribution is 5.75. The van der Waals surface area contributed by atoms with Crippen molar-refractivity contribution < 1.29 is 19.4 Å². The van der Waals surface area contributed by atoms with Crippen LogP contribution < -0.4 is 5.32 Å². The van der Waals surface area contributed by atoms with E-state index in [4.69, 9.17) is 9.84 Å². The molecule has 1 heterocycles. The Morgan fingerprint density at radius 1 is 1.26 bits per heavy atom. The lowest BCUT2D eigenvalue weighted by atomic mass is 9.85. The molecule has 1 saturated heterocycles. The van der Waals surface area contributed by atoms with Crippen molar-refractivity contribution in [3.63, 3.8) is 0 Å². The zero-order chi connectivity index (χ0) is 19.4. The van der Waals surface area contributed by atoms with Crippen LogP contribution in [0.1, 0.15) is 32.6 Å². The Morgan fingerprint density at radius 2 is 2.00 bits per heavy atom. The number of hydrogen-bond acceptors (Lipinski definition) is 5. The van der Waals surface area contributed by atoms with E-state index >= 15 is 0 Å². The van der Waals surface area contributed by atoms with E-state index in [1.165, 1.54) is 12.8 Å². The second kappa shape index (κ2) is 9.21. The van der Waals surface area contributed by atoms with Gasteiger partial charge in [-0.1, -0.05) is 6.92 Å². The van der Waals surface area contributed by atoms with Gasteiger partial charge in [0.1, 0.15) is 0 Å². The van der Waals surface area contributed by atoms with Crippen LogP contribution in [0, 0.1) is 5.92 Å². The van der Waals surface area contributed by atoms with Crippen molar-refractivity contribution in [1.82, 2.24) is 20.0 Å². The molecule has 27 heavy (non-hydrogen) atoms. The molecule has 0 aromatic carbocycles. The molecular formula is C19H34N4O4. The number of carbonyl (C=O) groups is 2. The largest absolute Gasteiger partial charge is 0.480 e. The first kappa shape index (κ1) is 20.4. The fourth-order valence-corrected chi connectivity index (χ4v) is 4.02. The topological polar surface area (TPSA) is 85.4 Å². The third-order valence-electron chi connectivity index (χ3n) is 5.93. The fourth-order valence-electron chi connectivity index (χ4n) is 4.02. The van der Waals surface area contributed by atoms with Gasteiger partial charge in [-0.3, -0.25) is 9.69 Å². The second-order valence-corrected chi connectivity index (χ2v) is 8.33. The first-order valence-corrected chi connectivity index (χ1v) is 10.3. The number of carboxylic acid groups (broad SMARTS) is 1. The molecule has 0 bridgehead atoms. The second-order valence-electron chi connectivity index (χ2n) is 8.33. The van der Waals surface area contributed by atoms with E-state index in [1.807, 2.05) is 16.7 Å². The van der Waals surface area contributed by atoms with Crippen molar-refractivity contribution in [2.45, 2.75) is 50.8 Å². The Bertz CT molecular complexity index is 522. The minimum atomic E-state index is -0.794. The number of nitrogens with one attached hydrogen (secondary N) is 1. The number of nitrogens with zero attached hydrogens (tertiary/aromatic N) is 3. The molecule has 8 heteroatoms. The number of morpholine rings is 1. The number of carbonyl (C=O) groups excluding carboxylic acids is 1. The first-order chi connectivity index (χ1) is 12.9. The molecule has 2 amide bonds. The van der Waals surface area contributed by atoms with Gasteiger partial charge in [0.05, 0.1) is 19.3 Å². The maximum Gasteiger partial charge on any atom is 0.317 e. The quantitative estimate of drug-likeness (QED) is 0.610. The summed E-state index contributed by atoms with van der Waals surface area (Å²) in [5, 5.41) is 12.2. The molecule has 154 valence electrons. The van der Waals surface area contributed by atoms with Crippen LogP contribution in [0.2, 0.25) is 0 Å². The molecule has 2 aliphatic carbocycles. The molecule has 1 aliphatic heterocycles. The number of carboxylic acids is 1. The maximum absolute atomic E-state index is 12.8. The molecule has 2 saturated carbocycles. The van der Waals surface area contributed by atoms with Gasteiger partial charge in [0.2, 0.25) is 0 Å². The zero-order valence-corrected chi connectivity index (χ0v) is 16.6. The van der Waals surface area contributed by atoms with Crippen LogP contribution >= 0.6 is 0 Å². The Morgan fingerprint density at radius 3 is 2.59 bits per heavy atom. The predicted molar refractivity (Wildman–Crippen MR) is 102 cm³/mol. The number of ether oxygens (including phenoxy) is 1. The molecule has 0 aromatic heterocycles. The summed E-state index contributed by atoms with van der Waals surface area (Å²) in [6.07, 6.45) is 4.15. The molecule has 3 aliphatic rings. The third kappa shape index (κ3) is 6.05. The van der Waals surface area contributed by atoms with E-state index in [1.54, 1.807) is 0 Å². The molecular weight excluding hydrogens is 348 g/mol. The van der Waals surface area contributed by atoms with Gasteiger partial charge in [0.15, 0.2) is 0 Å². The Balaban J connectivity index is 1.46. The van der Waals surface area contributed by atoms with Crippen molar-refractivity contribution >= 4 is 12.0 Å². The van der Waals surface area contributed by atoms with Crippen molar-refractivity contribution in [2.24, 2.45) is 5.92 Å². The zero-order valence-electron chi connectivity index (χ0n) is 16.6. The third-order valence-corrected chi connectivity index (χ3v) is 5.93. The lowest BCUT2D eigenvalue weighted by Crippen LogP contribution is -2.58. The van der Waals surface area contributed by atoms with Crippen LogP contribution in [0.4, 0.5) is 4.79 Å². The van der Waals surface area contributed by atoms with E-state index in [9.17, 15) is 9.59 Å². The van der Waals surface area contributed by atoms with E-state index in [0.717, 1.165) is 45.6 Å². The highest BCUT2D eigenvalue weighted by atomic mass is 16.5.